The van der Waals surface area contributed by atoms with Crippen LogP contribution in [0.15, 0.2) is 84.9 Å². The Balaban J connectivity index is 1.25. The first-order valence-electron chi connectivity index (χ1n) is 14.7. The number of nitrogens with zero attached hydrogens (tertiary/aromatic N) is 4. The van der Waals surface area contributed by atoms with E-state index in [1.54, 1.807) is 29.6 Å². The summed E-state index contributed by atoms with van der Waals surface area (Å²) in [5.74, 6) is -1.06. The number of carbonyl (C=O) groups is 2. The highest BCUT2D eigenvalue weighted by molar-refractivity contribution is 5.94. The van der Waals surface area contributed by atoms with E-state index in [1.165, 1.54) is 11.6 Å². The fraction of sp³-hybridized carbons (Fsp3) is 0.257. The van der Waals surface area contributed by atoms with Crippen LogP contribution < -0.4 is 0 Å². The van der Waals surface area contributed by atoms with Crippen LogP contribution in [0.3, 0.4) is 0 Å². The molecule has 0 spiro atoms. The van der Waals surface area contributed by atoms with Gasteiger partial charge in [0.05, 0.1) is 30.0 Å². The Labute approximate surface area is 248 Å². The van der Waals surface area contributed by atoms with Gasteiger partial charge in [-0.3, -0.25) is 9.59 Å². The molecule has 216 valence electrons. The summed E-state index contributed by atoms with van der Waals surface area (Å²) in [6.45, 7) is 4.76. The average Bonchev–Trinajstić information content (AvgIpc) is 3.72. The van der Waals surface area contributed by atoms with Crippen LogP contribution in [-0.4, -0.2) is 44.5 Å². The number of fused-ring (bicyclic) bond motifs is 2. The number of hydrogen-bond donors (Lipinski definition) is 0. The minimum Gasteiger partial charge on any atom is -0.466 e. The Kier molecular flexibility index (Phi) is 6.76. The van der Waals surface area contributed by atoms with Gasteiger partial charge in [-0.25, -0.2) is 13.9 Å². The zero-order valence-electron chi connectivity index (χ0n) is 24.0. The van der Waals surface area contributed by atoms with E-state index in [0.717, 1.165) is 23.1 Å². The zero-order chi connectivity index (χ0) is 29.7. The van der Waals surface area contributed by atoms with Gasteiger partial charge in [0, 0.05) is 23.7 Å². The van der Waals surface area contributed by atoms with Crippen molar-refractivity contribution in [1.82, 2.24) is 19.5 Å². The maximum Gasteiger partial charge on any atom is 0.309 e. The maximum absolute atomic E-state index is 15.5. The van der Waals surface area contributed by atoms with Gasteiger partial charge >= 0.3 is 5.97 Å². The fourth-order valence-electron chi connectivity index (χ4n) is 6.27. The van der Waals surface area contributed by atoms with Crippen molar-refractivity contribution in [1.29, 1.82) is 0 Å². The van der Waals surface area contributed by atoms with E-state index in [4.69, 9.17) is 14.8 Å². The van der Waals surface area contributed by atoms with Gasteiger partial charge in [-0.05, 0) is 67.5 Å². The lowest BCUT2D eigenvalue weighted by Gasteiger charge is -2.35. The van der Waals surface area contributed by atoms with E-state index in [2.05, 4.69) is 12.1 Å². The number of ether oxygens (including phenoxy) is 1. The molecule has 1 amide bonds. The van der Waals surface area contributed by atoms with Crippen molar-refractivity contribution in [3.05, 3.63) is 113 Å². The van der Waals surface area contributed by atoms with Gasteiger partial charge in [-0.1, -0.05) is 60.7 Å². The molecular weight excluding hydrogens is 543 g/mol. The summed E-state index contributed by atoms with van der Waals surface area (Å²) in [4.78, 5) is 32.6. The predicted octanol–water partition coefficient (Wildman–Crippen LogP) is 6.63. The number of hydrogen-bond acceptors (Lipinski definition) is 5. The summed E-state index contributed by atoms with van der Waals surface area (Å²) in [5.41, 5.74) is 6.26. The van der Waals surface area contributed by atoms with Gasteiger partial charge in [0.1, 0.15) is 11.5 Å². The molecule has 2 unspecified atom stereocenters. The third-order valence-corrected chi connectivity index (χ3v) is 8.65. The summed E-state index contributed by atoms with van der Waals surface area (Å²) < 4.78 is 22.3. The van der Waals surface area contributed by atoms with Crippen molar-refractivity contribution >= 4 is 17.5 Å². The molecule has 0 saturated heterocycles. The molecule has 3 atom stereocenters. The lowest BCUT2D eigenvalue weighted by atomic mass is 9.93. The molecule has 1 aliphatic carbocycles. The number of aromatic nitrogens is 3. The molecule has 3 aromatic carbocycles. The summed E-state index contributed by atoms with van der Waals surface area (Å²) in [6.07, 6.45) is 1.45. The molecule has 0 bridgehead atoms. The molecule has 8 heteroatoms. The summed E-state index contributed by atoms with van der Waals surface area (Å²) in [5, 5.41) is 4.75. The highest BCUT2D eigenvalue weighted by atomic mass is 19.1. The van der Waals surface area contributed by atoms with Crippen molar-refractivity contribution < 1.29 is 18.7 Å². The standard InChI is InChI=1S/C35H31FN4O3/c1-3-43-35(42)28-18-27(28)24-13-14-26(29(36)17-24)30-20-33-37-31(19-32(40(33)38-30)23-10-5-4-6-11-23)34(41)39-16-15-22-9-7-8-12-25(22)21(39)2/h4-14,17,19-21,27-28H,3,15-16,18H2,1-2H3/t21-,27?,28?/m1/s1. The largest absolute Gasteiger partial charge is 0.466 e. The maximum atomic E-state index is 15.5. The van der Waals surface area contributed by atoms with Gasteiger partial charge < -0.3 is 9.64 Å². The van der Waals surface area contributed by atoms with Crippen LogP contribution >= 0.6 is 0 Å². The Bertz CT molecular complexity index is 1870. The van der Waals surface area contributed by atoms with Crippen molar-refractivity contribution in [3.63, 3.8) is 0 Å². The molecule has 1 aliphatic heterocycles. The smallest absolute Gasteiger partial charge is 0.309 e. The molecule has 2 aromatic heterocycles. The third kappa shape index (κ3) is 4.86. The van der Waals surface area contributed by atoms with Crippen molar-refractivity contribution in [2.45, 2.75) is 38.6 Å². The Morgan fingerprint density at radius 3 is 2.58 bits per heavy atom. The molecule has 3 heterocycles. The normalized spacial score (nSPS) is 19.2. The highest BCUT2D eigenvalue weighted by Crippen LogP contribution is 2.48. The predicted molar refractivity (Wildman–Crippen MR) is 161 cm³/mol. The molecule has 0 radical (unpaired) electrons. The SMILES string of the molecule is CCOC(=O)C1CC1c1ccc(-c2cc3nc(C(=O)N4CCc5ccccc5[C@H]4C)cc(-c4ccccc4)n3n2)c(F)c1. The quantitative estimate of drug-likeness (QED) is 0.213. The lowest BCUT2D eigenvalue weighted by Crippen LogP contribution is -2.39. The highest BCUT2D eigenvalue weighted by Gasteiger charge is 2.45. The molecule has 1 saturated carbocycles. The van der Waals surface area contributed by atoms with Crippen molar-refractivity contribution in [2.75, 3.05) is 13.2 Å². The van der Waals surface area contributed by atoms with E-state index >= 15 is 4.39 Å². The first kappa shape index (κ1) is 27.0. The second-order valence-corrected chi connectivity index (χ2v) is 11.3. The Hall–Kier alpha value is -4.85. The molecular formula is C35H31FN4O3. The molecule has 0 N–H and O–H groups in total. The molecule has 5 aromatic rings. The molecule has 7 nitrogen and oxygen atoms in total. The third-order valence-electron chi connectivity index (χ3n) is 8.65. The Morgan fingerprint density at radius 1 is 1.00 bits per heavy atom. The zero-order valence-corrected chi connectivity index (χ0v) is 24.0. The van der Waals surface area contributed by atoms with Gasteiger partial charge in [0.2, 0.25) is 0 Å². The van der Waals surface area contributed by atoms with E-state index in [0.29, 0.717) is 47.9 Å². The lowest BCUT2D eigenvalue weighted by molar-refractivity contribution is -0.144. The number of halogens is 1. The summed E-state index contributed by atoms with van der Waals surface area (Å²) in [6, 6.07) is 26.4. The first-order valence-corrected chi connectivity index (χ1v) is 14.7. The van der Waals surface area contributed by atoms with Gasteiger partial charge in [-0.2, -0.15) is 5.10 Å². The van der Waals surface area contributed by atoms with Crippen molar-refractivity contribution in [3.8, 4) is 22.5 Å². The minimum atomic E-state index is -0.422. The molecule has 7 rings (SSSR count). The van der Waals surface area contributed by atoms with E-state index in [-0.39, 0.29) is 29.8 Å². The van der Waals surface area contributed by atoms with Gasteiger partial charge in [-0.15, -0.1) is 0 Å². The monoisotopic (exact) mass is 574 g/mol. The topological polar surface area (TPSA) is 76.8 Å². The van der Waals surface area contributed by atoms with Gasteiger partial charge in [0.15, 0.2) is 5.65 Å². The van der Waals surface area contributed by atoms with Crippen LogP contribution in [0.1, 0.15) is 59.4 Å². The summed E-state index contributed by atoms with van der Waals surface area (Å²) >= 11 is 0. The van der Waals surface area contributed by atoms with Crippen LogP contribution in [0, 0.1) is 11.7 Å². The Morgan fingerprint density at radius 2 is 1.79 bits per heavy atom. The van der Waals surface area contributed by atoms with Crippen molar-refractivity contribution in [2.24, 2.45) is 5.92 Å². The fourth-order valence-corrected chi connectivity index (χ4v) is 6.27. The van der Waals surface area contributed by atoms with Crippen LogP contribution in [0.4, 0.5) is 4.39 Å². The van der Waals surface area contributed by atoms with Crippen LogP contribution in [0.2, 0.25) is 0 Å². The number of benzene rings is 3. The van der Waals surface area contributed by atoms with E-state index in [1.807, 2.05) is 60.4 Å². The second kappa shape index (κ2) is 10.8. The molecule has 1 fully saturated rings. The average molecular weight is 575 g/mol. The molecule has 2 aliphatic rings. The first-order chi connectivity index (χ1) is 20.9. The number of esters is 1. The second-order valence-electron chi connectivity index (χ2n) is 11.3. The number of carbonyl (C=O) groups excluding carboxylic acids is 2. The molecule has 43 heavy (non-hydrogen) atoms. The number of amides is 1. The van der Waals surface area contributed by atoms with E-state index in [9.17, 15) is 9.59 Å². The summed E-state index contributed by atoms with van der Waals surface area (Å²) in [7, 11) is 0. The number of rotatable bonds is 6. The minimum absolute atomic E-state index is 0.0345. The van der Waals surface area contributed by atoms with Crippen LogP contribution in [0.5, 0.6) is 0 Å². The van der Waals surface area contributed by atoms with E-state index < -0.39 is 5.82 Å². The van der Waals surface area contributed by atoms with Crippen LogP contribution in [0.25, 0.3) is 28.2 Å². The van der Waals surface area contributed by atoms with Gasteiger partial charge in [0.25, 0.3) is 5.91 Å². The van der Waals surface area contributed by atoms with Crippen LogP contribution in [-0.2, 0) is 16.0 Å².